The van der Waals surface area contributed by atoms with Gasteiger partial charge in [0.25, 0.3) is 0 Å². The number of ether oxygens (including phenoxy) is 6. The third-order valence-corrected chi connectivity index (χ3v) is 9.65. The SMILES string of the molecule is CCCC(=O)O[C@H]1C[C@@H](OC(C)=O)/C(C)=C\[C@@H]2OC(=O)[C@]3(C)O[C@]23[C@@H](O)[C@H]2[C@@]3(C)O[C@H]3C[C@H](OC(C)=O)[C@]12C. The van der Waals surface area contributed by atoms with E-state index in [1.165, 1.54) is 13.8 Å². The highest BCUT2D eigenvalue weighted by molar-refractivity contribution is 5.89. The number of aliphatic hydroxyl groups is 1. The molecule has 0 aromatic carbocycles. The van der Waals surface area contributed by atoms with Crippen LogP contribution in [0.1, 0.15) is 74.1 Å². The van der Waals surface area contributed by atoms with Crippen LogP contribution in [0.25, 0.3) is 0 Å². The summed E-state index contributed by atoms with van der Waals surface area (Å²) in [6.45, 7) is 11.4. The van der Waals surface area contributed by atoms with E-state index < -0.39 is 82.5 Å². The highest BCUT2D eigenvalue weighted by Crippen LogP contribution is 2.69. The number of carbonyl (C=O) groups is 4. The number of esters is 4. The molecule has 0 amide bonds. The van der Waals surface area contributed by atoms with Gasteiger partial charge < -0.3 is 33.5 Å². The summed E-state index contributed by atoms with van der Waals surface area (Å²) in [5, 5.41) is 12.3. The number of epoxide rings is 2. The lowest BCUT2D eigenvalue weighted by Gasteiger charge is -2.53. The van der Waals surface area contributed by atoms with Crippen LogP contribution in [-0.4, -0.2) is 82.4 Å². The predicted molar refractivity (Wildman–Crippen MR) is 132 cm³/mol. The molecule has 0 radical (unpaired) electrons. The Morgan fingerprint density at radius 3 is 2.28 bits per heavy atom. The van der Waals surface area contributed by atoms with Gasteiger partial charge in [-0.2, -0.15) is 0 Å². The second-order valence-corrected chi connectivity index (χ2v) is 12.1. The molecular formula is C28H38O11. The van der Waals surface area contributed by atoms with Crippen molar-refractivity contribution < 1.29 is 52.7 Å². The molecule has 0 unspecified atom stereocenters. The van der Waals surface area contributed by atoms with Crippen molar-refractivity contribution >= 4 is 23.9 Å². The standard InChI is InChI=1S/C28H38O11/c1-8-9-21(31)36-17-11-16(34-14(3)29)13(2)10-20-28(27(7,39-28)24(33)37-20)23(32)22-25(17,5)18(35-15(4)30)12-19-26(22,6)38-19/h10,16-20,22-23,32H,8-9,11-12H2,1-7H3/b13-10-/t16-,17+,18+,19+,20+,22-,23+,25+,26+,27+,28+/m1/s1. The number of hydrogen-bond acceptors (Lipinski definition) is 11. The lowest BCUT2D eigenvalue weighted by Crippen LogP contribution is -2.66. The Morgan fingerprint density at radius 2 is 1.69 bits per heavy atom. The van der Waals surface area contributed by atoms with Crippen LogP contribution in [0, 0.1) is 11.3 Å². The molecule has 0 aromatic rings. The molecule has 3 aliphatic heterocycles. The third-order valence-electron chi connectivity index (χ3n) is 9.65. The summed E-state index contributed by atoms with van der Waals surface area (Å²) in [7, 11) is 0. The molecule has 1 spiro atoms. The average molecular weight is 551 g/mol. The highest BCUT2D eigenvalue weighted by atomic mass is 16.7. The van der Waals surface area contributed by atoms with Crippen LogP contribution < -0.4 is 0 Å². The molecule has 4 fully saturated rings. The first-order valence-electron chi connectivity index (χ1n) is 13.6. The molecule has 0 bridgehead atoms. The second kappa shape index (κ2) is 9.01. The molecule has 1 N–H and O–H groups in total. The molecule has 5 rings (SSSR count). The van der Waals surface area contributed by atoms with E-state index in [1.54, 1.807) is 26.8 Å². The summed E-state index contributed by atoms with van der Waals surface area (Å²) in [5.41, 5.74) is -4.48. The van der Waals surface area contributed by atoms with Gasteiger partial charge in [0.15, 0.2) is 17.3 Å². The van der Waals surface area contributed by atoms with Gasteiger partial charge in [-0.25, -0.2) is 4.79 Å². The Morgan fingerprint density at radius 1 is 1.05 bits per heavy atom. The maximum absolute atomic E-state index is 13.0. The van der Waals surface area contributed by atoms with E-state index in [1.807, 2.05) is 13.8 Å². The molecule has 11 atom stereocenters. The first-order chi connectivity index (χ1) is 18.1. The maximum Gasteiger partial charge on any atom is 0.342 e. The van der Waals surface area contributed by atoms with Crippen LogP contribution in [0.2, 0.25) is 0 Å². The van der Waals surface area contributed by atoms with Gasteiger partial charge in [-0.1, -0.05) is 13.8 Å². The number of fused-ring (bicyclic) bond motifs is 3. The zero-order valence-corrected chi connectivity index (χ0v) is 23.5. The summed E-state index contributed by atoms with van der Waals surface area (Å²) in [6.07, 6.45) is -2.62. The fourth-order valence-corrected chi connectivity index (χ4v) is 7.52. The molecule has 11 heteroatoms. The minimum Gasteiger partial charge on any atom is -0.462 e. The first kappa shape index (κ1) is 28.0. The largest absolute Gasteiger partial charge is 0.462 e. The van der Waals surface area contributed by atoms with Gasteiger partial charge in [-0.05, 0) is 38.8 Å². The van der Waals surface area contributed by atoms with Gasteiger partial charge in [-0.15, -0.1) is 0 Å². The molecular weight excluding hydrogens is 512 g/mol. The first-order valence-corrected chi connectivity index (χ1v) is 13.6. The van der Waals surface area contributed by atoms with Gasteiger partial charge in [0.2, 0.25) is 0 Å². The Labute approximate surface area is 227 Å². The molecule has 5 aliphatic rings. The van der Waals surface area contributed by atoms with Crippen LogP contribution in [0.5, 0.6) is 0 Å². The van der Waals surface area contributed by atoms with Crippen molar-refractivity contribution in [2.75, 3.05) is 0 Å². The predicted octanol–water partition coefficient (Wildman–Crippen LogP) is 1.91. The zero-order valence-electron chi connectivity index (χ0n) is 23.5. The molecule has 3 saturated heterocycles. The van der Waals surface area contributed by atoms with Crippen molar-refractivity contribution in [3.63, 3.8) is 0 Å². The lowest BCUT2D eigenvalue weighted by molar-refractivity contribution is -0.209. The number of aliphatic hydroxyl groups excluding tert-OH is 1. The van der Waals surface area contributed by atoms with Crippen LogP contribution in [0.3, 0.4) is 0 Å². The van der Waals surface area contributed by atoms with Crippen molar-refractivity contribution in [2.45, 2.75) is 128 Å². The summed E-state index contributed by atoms with van der Waals surface area (Å²) in [4.78, 5) is 50.5. The summed E-state index contributed by atoms with van der Waals surface area (Å²) >= 11 is 0. The van der Waals surface area contributed by atoms with Crippen LogP contribution in [0.4, 0.5) is 0 Å². The van der Waals surface area contributed by atoms with E-state index in [9.17, 15) is 24.3 Å². The Bertz CT molecular complexity index is 1130. The molecule has 0 aromatic heterocycles. The van der Waals surface area contributed by atoms with Crippen molar-refractivity contribution in [3.05, 3.63) is 11.6 Å². The van der Waals surface area contributed by atoms with Gasteiger partial charge >= 0.3 is 23.9 Å². The van der Waals surface area contributed by atoms with Crippen molar-refractivity contribution in [3.8, 4) is 0 Å². The minimum atomic E-state index is -1.47. The monoisotopic (exact) mass is 550 g/mol. The van der Waals surface area contributed by atoms with Crippen LogP contribution in [-0.2, 0) is 47.6 Å². The lowest BCUT2D eigenvalue weighted by atomic mass is 9.53. The molecule has 39 heavy (non-hydrogen) atoms. The Hall–Kier alpha value is -2.50. The van der Waals surface area contributed by atoms with Gasteiger partial charge in [0.1, 0.15) is 18.3 Å². The van der Waals surface area contributed by atoms with Gasteiger partial charge in [0, 0.05) is 39.0 Å². The summed E-state index contributed by atoms with van der Waals surface area (Å²) in [5.74, 6) is -2.99. The van der Waals surface area contributed by atoms with Gasteiger partial charge in [-0.3, -0.25) is 14.4 Å². The molecule has 3 heterocycles. The number of rotatable bonds is 5. The number of carbonyl (C=O) groups excluding carboxylic acids is 4. The third kappa shape index (κ3) is 3.94. The van der Waals surface area contributed by atoms with Gasteiger partial charge in [0.05, 0.1) is 23.2 Å². The smallest absolute Gasteiger partial charge is 0.342 e. The van der Waals surface area contributed by atoms with E-state index in [0.29, 0.717) is 18.4 Å². The fraction of sp³-hybridized carbons (Fsp3) is 0.786. The minimum absolute atomic E-state index is 0.0292. The quantitative estimate of drug-likeness (QED) is 0.231. The van der Waals surface area contributed by atoms with Crippen molar-refractivity contribution in [1.82, 2.24) is 0 Å². The van der Waals surface area contributed by atoms with Crippen molar-refractivity contribution in [1.29, 1.82) is 0 Å². The van der Waals surface area contributed by atoms with E-state index in [4.69, 9.17) is 28.4 Å². The number of hydrogen-bond donors (Lipinski definition) is 1. The van der Waals surface area contributed by atoms with E-state index in [-0.39, 0.29) is 18.9 Å². The highest BCUT2D eigenvalue weighted by Gasteiger charge is 2.88. The second-order valence-electron chi connectivity index (χ2n) is 12.1. The Kier molecular flexibility index (Phi) is 6.48. The Balaban J connectivity index is 1.72. The summed E-state index contributed by atoms with van der Waals surface area (Å²) in [6, 6.07) is 0. The fourth-order valence-electron chi connectivity index (χ4n) is 7.52. The normalized spacial score (nSPS) is 49.0. The van der Waals surface area contributed by atoms with E-state index in [2.05, 4.69) is 0 Å². The average Bonchev–Trinajstić information content (AvgIpc) is 3.66. The molecule has 216 valence electrons. The molecule has 1 saturated carbocycles. The molecule has 2 aliphatic carbocycles. The van der Waals surface area contributed by atoms with Crippen molar-refractivity contribution in [2.24, 2.45) is 11.3 Å². The molecule has 11 nitrogen and oxygen atoms in total. The summed E-state index contributed by atoms with van der Waals surface area (Å²) < 4.78 is 35.6. The topological polar surface area (TPSA) is 150 Å². The van der Waals surface area contributed by atoms with Crippen LogP contribution >= 0.6 is 0 Å². The van der Waals surface area contributed by atoms with E-state index in [0.717, 1.165) is 0 Å². The maximum atomic E-state index is 13.0. The van der Waals surface area contributed by atoms with Crippen LogP contribution in [0.15, 0.2) is 11.6 Å². The van der Waals surface area contributed by atoms with E-state index >= 15 is 0 Å². The zero-order chi connectivity index (χ0) is 28.7.